The van der Waals surface area contributed by atoms with Gasteiger partial charge in [-0.05, 0) is 55.2 Å². The first-order chi connectivity index (χ1) is 27.1. The first-order valence-electron chi connectivity index (χ1n) is 18.2. The van der Waals surface area contributed by atoms with E-state index in [0.717, 1.165) is 54.7 Å². The summed E-state index contributed by atoms with van der Waals surface area (Å²) >= 11 is 0. The molecule has 0 radical (unpaired) electrons. The monoisotopic (exact) mass is 902 g/mol. The van der Waals surface area contributed by atoms with Crippen molar-refractivity contribution in [1.29, 1.82) is 0 Å². The third-order valence-electron chi connectivity index (χ3n) is 9.81. The van der Waals surface area contributed by atoms with Crippen LogP contribution in [0.1, 0.15) is 124 Å². The van der Waals surface area contributed by atoms with E-state index in [1.807, 2.05) is 0 Å². The average Bonchev–Trinajstić information content (AvgIpc) is 3.99. The Morgan fingerprint density at radius 2 is 1.08 bits per heavy atom. The number of carbonyl (C=O) groups is 1. The molecule has 2 aliphatic carbocycles. The Hall–Kier alpha value is -3.91. The third-order valence-corrected chi connectivity index (χ3v) is 9.81. The van der Waals surface area contributed by atoms with E-state index in [9.17, 15) is 49.4 Å². The van der Waals surface area contributed by atoms with Crippen molar-refractivity contribution in [3.63, 3.8) is 0 Å². The van der Waals surface area contributed by atoms with Crippen molar-refractivity contribution in [3.05, 3.63) is 114 Å². The molecule has 0 aliphatic heterocycles. The van der Waals surface area contributed by atoms with Crippen LogP contribution in [0, 0.1) is 12.3 Å². The van der Waals surface area contributed by atoms with Crippen molar-refractivity contribution < 1.29 is 66.9 Å². The fraction of sp³-hybridized carbons (Fsp3) is 0.439. The number of pyridine rings is 3. The molecular formula is C41H48ClF9MgN6O3. The van der Waals surface area contributed by atoms with E-state index in [-0.39, 0.29) is 73.9 Å². The molecule has 0 spiro atoms. The van der Waals surface area contributed by atoms with Crippen LogP contribution in [0.25, 0.3) is 16.6 Å². The topological polar surface area (TPSA) is 109 Å². The van der Waals surface area contributed by atoms with E-state index in [1.165, 1.54) is 96.7 Å². The summed E-state index contributed by atoms with van der Waals surface area (Å²) in [6.45, 7) is -0.678. The number of nitrogens with zero attached hydrogens (tertiary/aromatic N) is 6. The number of hydrogen-bond donors (Lipinski definition) is 2. The maximum atomic E-state index is 13.3. The van der Waals surface area contributed by atoms with Gasteiger partial charge in [-0.15, -0.1) is 0 Å². The van der Waals surface area contributed by atoms with Gasteiger partial charge in [-0.3, -0.25) is 13.6 Å². The summed E-state index contributed by atoms with van der Waals surface area (Å²) in [5.41, 5.74) is -1.74. The zero-order valence-corrected chi connectivity index (χ0v) is 33.7. The molecular weight excluding hydrogens is 855 g/mol. The molecule has 1 unspecified atom stereocenters. The van der Waals surface area contributed by atoms with E-state index in [2.05, 4.69) is 21.4 Å². The number of aldehydes is 1. The summed E-state index contributed by atoms with van der Waals surface area (Å²) in [5.74, 6) is -0.118. The standard InChI is InChI=1S/C15H17F3N2O.C9H7F3N2O.C9H5F3N2O.C6H11.2CH4.ClH.Mg/c16-15(17,18)12-7-6-11-8-19-9-20(11)13(12)14(21)10-4-2-1-3-5-10;2*10-9(11,12)7-2-1-6-3-13-5-14(6)8(7)4-15;1-2-4-6-5-3-1;;;;/h6-10,14,21H,1-5H2;1-3,5,15H,4H2;1-5H;1H,2-6H2;2*1H4;1H;/q;;;-1;;;;+2/p-1. The Morgan fingerprint density at radius 3 is 1.52 bits per heavy atom. The van der Waals surface area contributed by atoms with Crippen molar-refractivity contribution in [3.8, 4) is 0 Å². The number of fused-ring (bicyclic) bond motifs is 3. The van der Waals surface area contributed by atoms with Crippen LogP contribution >= 0.6 is 0 Å². The number of halogens is 10. The zero-order chi connectivity index (χ0) is 41.4. The molecule has 61 heavy (non-hydrogen) atoms. The number of alkyl halides is 9. The molecule has 2 aliphatic rings. The summed E-state index contributed by atoms with van der Waals surface area (Å²) in [7, 11) is 0. The van der Waals surface area contributed by atoms with Crippen LogP contribution in [0.3, 0.4) is 0 Å². The third kappa shape index (κ3) is 13.8. The first-order valence-corrected chi connectivity index (χ1v) is 18.2. The van der Waals surface area contributed by atoms with Crippen molar-refractivity contribution >= 4 is 45.9 Å². The normalized spacial score (nSPS) is 14.9. The van der Waals surface area contributed by atoms with Gasteiger partial charge in [0.05, 0.1) is 101 Å². The smallest absolute Gasteiger partial charge is 1.00 e. The van der Waals surface area contributed by atoms with E-state index in [4.69, 9.17) is 5.11 Å². The van der Waals surface area contributed by atoms with Gasteiger partial charge < -0.3 is 33.4 Å². The Morgan fingerprint density at radius 1 is 0.656 bits per heavy atom. The predicted octanol–water partition coefficient (Wildman–Crippen LogP) is 8.03. The summed E-state index contributed by atoms with van der Waals surface area (Å²) in [5, 5.41) is 19.5. The van der Waals surface area contributed by atoms with Crippen LogP contribution in [0.5, 0.6) is 0 Å². The molecule has 6 aromatic rings. The molecule has 2 N–H and O–H groups in total. The molecule has 6 aromatic heterocycles. The Bertz CT molecular complexity index is 2220. The minimum Gasteiger partial charge on any atom is -1.00 e. The molecule has 1 atom stereocenters. The fourth-order valence-corrected chi connectivity index (χ4v) is 6.97. The van der Waals surface area contributed by atoms with Crippen molar-refractivity contribution in [2.45, 2.75) is 110 Å². The quantitative estimate of drug-likeness (QED) is 0.0804. The summed E-state index contributed by atoms with van der Waals surface area (Å²) in [4.78, 5) is 21.9. The number of hydrogen-bond acceptors (Lipinski definition) is 6. The molecule has 9 nitrogen and oxygen atoms in total. The second kappa shape index (κ2) is 24.1. The minimum absolute atomic E-state index is 0. The number of rotatable bonds is 4. The van der Waals surface area contributed by atoms with E-state index < -0.39 is 53.6 Å². The molecule has 0 amide bonds. The fourth-order valence-electron chi connectivity index (χ4n) is 6.97. The van der Waals surface area contributed by atoms with Crippen molar-refractivity contribution in [1.82, 2.24) is 28.2 Å². The maximum Gasteiger partial charge on any atom is 2.00 e. The van der Waals surface area contributed by atoms with Gasteiger partial charge in [0.1, 0.15) is 0 Å². The molecule has 2 fully saturated rings. The Balaban J connectivity index is 0.000000421. The summed E-state index contributed by atoms with van der Waals surface area (Å²) < 4.78 is 118. The second-order valence-corrected chi connectivity index (χ2v) is 13.6. The maximum absolute atomic E-state index is 13.3. The van der Waals surface area contributed by atoms with Crippen molar-refractivity contribution in [2.24, 2.45) is 5.92 Å². The van der Waals surface area contributed by atoms with Gasteiger partial charge >= 0.3 is 41.6 Å². The molecule has 0 aromatic carbocycles. The summed E-state index contributed by atoms with van der Waals surface area (Å²) in [6.07, 6.45) is 7.70. The van der Waals surface area contributed by atoms with E-state index in [1.54, 1.807) is 0 Å². The Labute approximate surface area is 370 Å². The van der Waals surface area contributed by atoms with Crippen molar-refractivity contribution in [2.75, 3.05) is 0 Å². The van der Waals surface area contributed by atoms with E-state index >= 15 is 0 Å². The number of aliphatic hydroxyl groups excluding tert-OH is 2. The van der Waals surface area contributed by atoms with Gasteiger partial charge in [-0.25, -0.2) is 15.0 Å². The van der Waals surface area contributed by atoms with Crippen LogP contribution in [0.4, 0.5) is 39.5 Å². The predicted molar refractivity (Wildman–Crippen MR) is 210 cm³/mol. The van der Waals surface area contributed by atoms with Crippen LogP contribution in [0.2, 0.25) is 0 Å². The van der Waals surface area contributed by atoms with Gasteiger partial charge in [-0.1, -0.05) is 53.4 Å². The van der Waals surface area contributed by atoms with Gasteiger partial charge in [0.2, 0.25) is 0 Å². The molecule has 2 saturated carbocycles. The SMILES string of the molecule is C.C.O=Cc1c(C(F)(F)F)ccc2cncn12.OC(c1c(C(F)(F)F)ccc2cncn12)C1CCCCC1.OCc1c(C(F)(F)F)ccc2cncn12.[CH-]1CCCCC1.[Cl-].[Mg+2]. The largest absolute Gasteiger partial charge is 2.00 e. The van der Waals surface area contributed by atoms with Gasteiger partial charge in [-0.2, -0.15) is 52.4 Å². The molecule has 6 heterocycles. The molecule has 8 rings (SSSR count). The van der Waals surface area contributed by atoms with E-state index in [0.29, 0.717) is 16.6 Å². The van der Waals surface area contributed by atoms with Gasteiger partial charge in [0.15, 0.2) is 6.29 Å². The molecule has 0 bridgehead atoms. The summed E-state index contributed by atoms with van der Waals surface area (Å²) in [6, 6.07) is 6.83. The minimum atomic E-state index is -4.53. The number of aliphatic hydroxyl groups is 2. The second-order valence-electron chi connectivity index (χ2n) is 13.6. The molecule has 0 saturated heterocycles. The van der Waals surface area contributed by atoms with Crippen LogP contribution in [-0.2, 0) is 25.1 Å². The van der Waals surface area contributed by atoms with Gasteiger partial charge in [0.25, 0.3) is 0 Å². The van der Waals surface area contributed by atoms with Crippen LogP contribution in [0.15, 0.2) is 74.0 Å². The average molecular weight is 904 g/mol. The number of imidazole rings is 3. The first kappa shape index (κ1) is 55.1. The zero-order valence-electron chi connectivity index (χ0n) is 31.5. The molecule has 332 valence electrons. The van der Waals surface area contributed by atoms with Gasteiger partial charge in [0, 0.05) is 0 Å². The molecule has 20 heteroatoms. The number of aromatic nitrogens is 6. The number of carbonyl (C=O) groups excluding carboxylic acids is 1. The van der Waals surface area contributed by atoms with Crippen LogP contribution in [-0.4, -0.2) is 67.7 Å². The Kier molecular flexibility index (Phi) is 21.7. The van der Waals surface area contributed by atoms with Crippen LogP contribution < -0.4 is 12.4 Å².